The Kier molecular flexibility index (Phi) is 10.9. The predicted molar refractivity (Wildman–Crippen MR) is 130 cm³/mol. The first-order chi connectivity index (χ1) is 18.0. The van der Waals surface area contributed by atoms with Crippen molar-refractivity contribution in [1.29, 1.82) is 0 Å². The van der Waals surface area contributed by atoms with E-state index in [1.807, 2.05) is 30.3 Å². The lowest BCUT2D eigenvalue weighted by Crippen LogP contribution is -2.47. The number of likely N-dealkylation sites (tertiary alicyclic amines) is 1. The fourth-order valence-electron chi connectivity index (χ4n) is 3.63. The Bertz CT molecular complexity index is 1040. The molecule has 4 amide bonds. The number of carboxylic acid groups (broad SMARTS) is 1. The summed E-state index contributed by atoms with van der Waals surface area (Å²) in [4.78, 5) is 47.1. The number of ether oxygens (including phenoxy) is 4. The number of rotatable bonds is 13. The lowest BCUT2D eigenvalue weighted by molar-refractivity contribution is -0.146. The number of nitrogens with zero attached hydrogens (tertiary/aromatic N) is 1. The van der Waals surface area contributed by atoms with Crippen molar-refractivity contribution >= 4 is 24.0 Å². The van der Waals surface area contributed by atoms with Crippen molar-refractivity contribution < 1.29 is 43.2 Å². The first-order valence-electron chi connectivity index (χ1n) is 11.9. The van der Waals surface area contributed by atoms with Gasteiger partial charge in [0.1, 0.15) is 19.0 Å². The van der Waals surface area contributed by atoms with Crippen LogP contribution in [-0.2, 0) is 30.4 Å². The minimum atomic E-state index is -1.55. The van der Waals surface area contributed by atoms with Gasteiger partial charge in [-0.05, 0) is 29.7 Å². The number of imide groups is 3. The molecule has 1 atom stereocenters. The Hall–Kier alpha value is -3.96. The summed E-state index contributed by atoms with van der Waals surface area (Å²) >= 11 is 0. The molecule has 1 saturated heterocycles. The van der Waals surface area contributed by atoms with Crippen LogP contribution in [0.1, 0.15) is 29.9 Å². The second-order valence-electron chi connectivity index (χ2n) is 8.07. The van der Waals surface area contributed by atoms with E-state index in [1.165, 1.54) is 0 Å². The van der Waals surface area contributed by atoms with E-state index >= 15 is 0 Å². The average molecular weight is 515 g/mol. The maximum absolute atomic E-state index is 12.4. The SMILES string of the molecule is O=C(NCCOCCOCCOc1ccc(C2CCC(=O)N(C(=O)O)C2=O)cc1)OCc1ccccc1. The summed E-state index contributed by atoms with van der Waals surface area (Å²) in [5.74, 6) is -1.54. The molecule has 2 N–H and O–H groups in total. The predicted octanol–water partition coefficient (Wildman–Crippen LogP) is 2.94. The van der Waals surface area contributed by atoms with Crippen molar-refractivity contribution in [1.82, 2.24) is 10.2 Å². The van der Waals surface area contributed by atoms with Crippen molar-refractivity contribution in [2.45, 2.75) is 25.4 Å². The van der Waals surface area contributed by atoms with E-state index in [-0.39, 0.29) is 24.3 Å². The molecule has 0 spiro atoms. The number of amides is 4. The largest absolute Gasteiger partial charge is 0.491 e. The molecule has 0 aromatic heterocycles. The summed E-state index contributed by atoms with van der Waals surface area (Å²) in [5.41, 5.74) is 1.54. The summed E-state index contributed by atoms with van der Waals surface area (Å²) < 4.78 is 21.6. The van der Waals surface area contributed by atoms with Crippen molar-refractivity contribution in [2.75, 3.05) is 39.6 Å². The third-order valence-electron chi connectivity index (χ3n) is 5.49. The van der Waals surface area contributed by atoms with E-state index in [0.29, 0.717) is 50.9 Å². The van der Waals surface area contributed by atoms with Crippen LogP contribution in [-0.4, -0.2) is 73.6 Å². The van der Waals surface area contributed by atoms with Crippen molar-refractivity contribution in [3.63, 3.8) is 0 Å². The highest BCUT2D eigenvalue weighted by atomic mass is 16.6. The second-order valence-corrected chi connectivity index (χ2v) is 8.07. The molecule has 1 aliphatic heterocycles. The zero-order chi connectivity index (χ0) is 26.5. The van der Waals surface area contributed by atoms with Crippen LogP contribution in [0.3, 0.4) is 0 Å². The number of carbonyl (C=O) groups is 4. The molecule has 0 saturated carbocycles. The molecule has 1 heterocycles. The Morgan fingerprint density at radius 2 is 1.59 bits per heavy atom. The van der Waals surface area contributed by atoms with Crippen LogP contribution in [0.5, 0.6) is 5.75 Å². The number of benzene rings is 2. The molecule has 2 aromatic rings. The first kappa shape index (κ1) is 27.6. The Labute approximate surface area is 214 Å². The van der Waals surface area contributed by atoms with Crippen LogP contribution >= 0.6 is 0 Å². The lowest BCUT2D eigenvalue weighted by Gasteiger charge is -2.27. The lowest BCUT2D eigenvalue weighted by atomic mass is 9.89. The van der Waals surface area contributed by atoms with Gasteiger partial charge in [-0.1, -0.05) is 42.5 Å². The van der Waals surface area contributed by atoms with Gasteiger partial charge in [0.05, 0.1) is 32.3 Å². The Balaban J connectivity index is 1.21. The molecule has 2 aromatic carbocycles. The van der Waals surface area contributed by atoms with E-state index in [4.69, 9.17) is 24.1 Å². The molecular weight excluding hydrogens is 484 g/mol. The summed E-state index contributed by atoms with van der Waals surface area (Å²) in [5, 5.41) is 11.7. The van der Waals surface area contributed by atoms with Gasteiger partial charge in [0.25, 0.3) is 0 Å². The highest BCUT2D eigenvalue weighted by Gasteiger charge is 2.39. The highest BCUT2D eigenvalue weighted by molar-refractivity contribution is 6.11. The molecule has 37 heavy (non-hydrogen) atoms. The molecule has 1 unspecified atom stereocenters. The number of alkyl carbamates (subject to hydrolysis) is 1. The van der Waals surface area contributed by atoms with Gasteiger partial charge in [-0.3, -0.25) is 9.59 Å². The van der Waals surface area contributed by atoms with Gasteiger partial charge in [0.15, 0.2) is 0 Å². The molecule has 198 valence electrons. The number of piperidine rings is 1. The molecule has 1 aliphatic rings. The summed E-state index contributed by atoms with van der Waals surface area (Å²) in [6.07, 6.45) is -1.79. The van der Waals surface area contributed by atoms with Gasteiger partial charge >= 0.3 is 12.2 Å². The molecule has 0 aliphatic carbocycles. The van der Waals surface area contributed by atoms with Crippen LogP contribution < -0.4 is 10.1 Å². The molecule has 11 heteroatoms. The maximum Gasteiger partial charge on any atom is 0.421 e. The van der Waals surface area contributed by atoms with Gasteiger partial charge in [-0.25, -0.2) is 9.59 Å². The second kappa shape index (κ2) is 14.6. The molecule has 1 fully saturated rings. The van der Waals surface area contributed by atoms with Crippen molar-refractivity contribution in [3.8, 4) is 5.75 Å². The highest BCUT2D eigenvalue weighted by Crippen LogP contribution is 2.30. The van der Waals surface area contributed by atoms with Crippen LogP contribution in [0.2, 0.25) is 0 Å². The normalized spacial score (nSPS) is 15.4. The third kappa shape index (κ3) is 8.89. The van der Waals surface area contributed by atoms with Gasteiger partial charge in [-0.2, -0.15) is 4.90 Å². The Morgan fingerprint density at radius 3 is 2.30 bits per heavy atom. The topological polar surface area (TPSA) is 141 Å². The smallest absolute Gasteiger partial charge is 0.421 e. The minimum Gasteiger partial charge on any atom is -0.491 e. The van der Waals surface area contributed by atoms with Crippen LogP contribution in [0.25, 0.3) is 0 Å². The third-order valence-corrected chi connectivity index (χ3v) is 5.49. The van der Waals surface area contributed by atoms with Crippen LogP contribution in [0.15, 0.2) is 54.6 Å². The molecule has 0 bridgehead atoms. The fraction of sp³-hybridized carbons (Fsp3) is 0.385. The van der Waals surface area contributed by atoms with E-state index < -0.39 is 29.9 Å². The van der Waals surface area contributed by atoms with E-state index in [9.17, 15) is 19.2 Å². The first-order valence-corrected chi connectivity index (χ1v) is 11.9. The molecule has 11 nitrogen and oxygen atoms in total. The standard InChI is InChI=1S/C26H30N2O9/c29-23-11-10-22(24(30)28(23)26(32)33)20-6-8-21(9-7-20)36-17-16-35-15-14-34-13-12-27-25(31)37-18-19-4-2-1-3-5-19/h1-9,22H,10-18H2,(H,27,31)(H,32,33). The number of carbonyl (C=O) groups excluding carboxylic acids is 3. The van der Waals surface area contributed by atoms with Crippen LogP contribution in [0.4, 0.5) is 9.59 Å². The Morgan fingerprint density at radius 1 is 0.919 bits per heavy atom. The minimum absolute atomic E-state index is 0.000180. The summed E-state index contributed by atoms with van der Waals surface area (Å²) in [7, 11) is 0. The quantitative estimate of drug-likeness (QED) is 0.305. The molecular formula is C26H30N2O9. The number of hydrogen-bond acceptors (Lipinski definition) is 8. The summed E-state index contributed by atoms with van der Waals surface area (Å²) in [6, 6.07) is 16.1. The van der Waals surface area contributed by atoms with Crippen molar-refractivity contribution in [3.05, 3.63) is 65.7 Å². The van der Waals surface area contributed by atoms with Gasteiger partial charge in [0, 0.05) is 13.0 Å². The van der Waals surface area contributed by atoms with Gasteiger partial charge in [0.2, 0.25) is 11.8 Å². The van der Waals surface area contributed by atoms with E-state index in [0.717, 1.165) is 5.56 Å². The van der Waals surface area contributed by atoms with Gasteiger partial charge < -0.3 is 29.4 Å². The van der Waals surface area contributed by atoms with Gasteiger partial charge in [-0.15, -0.1) is 0 Å². The summed E-state index contributed by atoms with van der Waals surface area (Å²) in [6.45, 7) is 2.23. The fourth-order valence-corrected chi connectivity index (χ4v) is 3.63. The average Bonchev–Trinajstić information content (AvgIpc) is 2.89. The number of nitrogens with one attached hydrogen (secondary N) is 1. The van der Waals surface area contributed by atoms with E-state index in [1.54, 1.807) is 24.3 Å². The van der Waals surface area contributed by atoms with E-state index in [2.05, 4.69) is 5.32 Å². The van der Waals surface area contributed by atoms with Crippen molar-refractivity contribution in [2.24, 2.45) is 0 Å². The monoisotopic (exact) mass is 514 g/mol. The number of hydrogen-bond donors (Lipinski definition) is 2. The molecule has 3 rings (SSSR count). The maximum atomic E-state index is 12.4. The molecule has 0 radical (unpaired) electrons. The zero-order valence-corrected chi connectivity index (χ0v) is 20.3. The zero-order valence-electron chi connectivity index (χ0n) is 20.3. The van der Waals surface area contributed by atoms with Crippen LogP contribution in [0, 0.1) is 0 Å².